The first-order valence-electron chi connectivity index (χ1n) is 10.5. The fourth-order valence-corrected chi connectivity index (χ4v) is 4.78. The van der Waals surface area contributed by atoms with E-state index < -0.39 is 11.5 Å². The highest BCUT2D eigenvalue weighted by Gasteiger charge is 2.52. The van der Waals surface area contributed by atoms with Crippen LogP contribution in [0.3, 0.4) is 0 Å². The summed E-state index contributed by atoms with van der Waals surface area (Å²) < 4.78 is 5.32. The molecule has 3 fully saturated rings. The fraction of sp³-hybridized carbons (Fsp3) is 0.591. The average Bonchev–Trinajstić information content (AvgIpc) is 3.35. The van der Waals surface area contributed by atoms with Gasteiger partial charge >= 0.3 is 0 Å². The number of carbonyl (C=O) groups is 3. The lowest BCUT2D eigenvalue weighted by Crippen LogP contribution is -2.68. The molecule has 1 aromatic rings. The molecule has 1 unspecified atom stereocenters. The molecule has 2 heterocycles. The summed E-state index contributed by atoms with van der Waals surface area (Å²) in [5.41, 5.74) is 0.389. The Kier molecular flexibility index (Phi) is 5.48. The predicted octanol–water partition coefficient (Wildman–Crippen LogP) is 1.40. The lowest BCUT2D eigenvalue weighted by molar-refractivity contribution is -0.155. The maximum Gasteiger partial charge on any atom is 0.245 e. The maximum absolute atomic E-state index is 13.3. The molecular weight excluding hydrogens is 370 g/mol. The van der Waals surface area contributed by atoms with E-state index in [0.717, 1.165) is 37.0 Å². The van der Waals surface area contributed by atoms with Gasteiger partial charge < -0.3 is 20.3 Å². The van der Waals surface area contributed by atoms with E-state index in [4.69, 9.17) is 4.74 Å². The van der Waals surface area contributed by atoms with Gasteiger partial charge in [-0.1, -0.05) is 25.0 Å². The van der Waals surface area contributed by atoms with Gasteiger partial charge in [0.25, 0.3) is 0 Å². The van der Waals surface area contributed by atoms with Crippen molar-refractivity contribution in [3.8, 4) is 5.75 Å². The molecule has 1 atom stereocenters. The number of benzene rings is 1. The molecule has 3 amide bonds. The van der Waals surface area contributed by atoms with E-state index in [1.54, 1.807) is 12.0 Å². The van der Waals surface area contributed by atoms with E-state index in [1.807, 2.05) is 24.3 Å². The highest BCUT2D eigenvalue weighted by atomic mass is 16.5. The topological polar surface area (TPSA) is 87.7 Å². The minimum atomic E-state index is -0.632. The van der Waals surface area contributed by atoms with E-state index in [1.165, 1.54) is 0 Å². The molecule has 156 valence electrons. The summed E-state index contributed by atoms with van der Waals surface area (Å²) >= 11 is 0. The summed E-state index contributed by atoms with van der Waals surface area (Å²) in [5.74, 6) is 0.637. The zero-order valence-corrected chi connectivity index (χ0v) is 16.9. The van der Waals surface area contributed by atoms with E-state index in [-0.39, 0.29) is 23.8 Å². The van der Waals surface area contributed by atoms with Crippen LogP contribution in [0.1, 0.15) is 44.1 Å². The van der Waals surface area contributed by atoms with Crippen molar-refractivity contribution in [2.24, 2.45) is 5.41 Å². The van der Waals surface area contributed by atoms with E-state index in [2.05, 4.69) is 10.6 Å². The van der Waals surface area contributed by atoms with Crippen LogP contribution in [0.25, 0.3) is 0 Å². The number of methoxy groups -OCH3 is 1. The van der Waals surface area contributed by atoms with Gasteiger partial charge in [-0.25, -0.2) is 0 Å². The molecular formula is C22H29N3O4. The SMILES string of the molecule is COc1cccc(CC2(C(=O)NC3CCCC3)CN(C(=O)C3CCC(=O)N3)C2)c1. The first-order chi connectivity index (χ1) is 14.0. The first-order valence-corrected chi connectivity index (χ1v) is 10.5. The van der Waals surface area contributed by atoms with Crippen molar-refractivity contribution in [3.63, 3.8) is 0 Å². The van der Waals surface area contributed by atoms with E-state index >= 15 is 0 Å². The Morgan fingerprint density at radius 2 is 2.00 bits per heavy atom. The summed E-state index contributed by atoms with van der Waals surface area (Å²) in [6.45, 7) is 0.766. The van der Waals surface area contributed by atoms with Crippen molar-refractivity contribution in [2.75, 3.05) is 20.2 Å². The lowest BCUT2D eigenvalue weighted by atomic mass is 9.73. The van der Waals surface area contributed by atoms with Crippen LogP contribution in [0.4, 0.5) is 0 Å². The first kappa shape index (κ1) is 19.7. The quantitative estimate of drug-likeness (QED) is 0.757. The van der Waals surface area contributed by atoms with Crippen molar-refractivity contribution < 1.29 is 19.1 Å². The number of hydrogen-bond acceptors (Lipinski definition) is 4. The van der Waals surface area contributed by atoms with Gasteiger partial charge in [0.1, 0.15) is 11.8 Å². The second-order valence-corrected chi connectivity index (χ2v) is 8.62. The smallest absolute Gasteiger partial charge is 0.245 e. The number of amides is 3. The number of carbonyl (C=O) groups excluding carboxylic acids is 3. The van der Waals surface area contributed by atoms with Gasteiger partial charge in [0, 0.05) is 25.6 Å². The number of rotatable bonds is 6. The third-order valence-corrected chi connectivity index (χ3v) is 6.44. The molecule has 0 spiro atoms. The number of hydrogen-bond donors (Lipinski definition) is 2. The van der Waals surface area contributed by atoms with Crippen molar-refractivity contribution in [1.29, 1.82) is 0 Å². The molecule has 3 aliphatic rings. The summed E-state index contributed by atoms with van der Waals surface area (Å²) in [4.78, 5) is 39.2. The molecule has 7 heteroatoms. The fourth-order valence-electron chi connectivity index (χ4n) is 4.78. The molecule has 0 aromatic heterocycles. The minimum absolute atomic E-state index is 0.0340. The number of ether oxygens (including phenoxy) is 1. The molecule has 2 N–H and O–H groups in total. The molecule has 29 heavy (non-hydrogen) atoms. The molecule has 0 bridgehead atoms. The molecule has 2 saturated heterocycles. The van der Waals surface area contributed by atoms with Gasteiger partial charge in [0.05, 0.1) is 12.5 Å². The van der Waals surface area contributed by atoms with Crippen LogP contribution in [-0.4, -0.2) is 54.9 Å². The standard InChI is InChI=1S/C22H29N3O4/c1-29-17-8-4-5-15(11-17)12-22(21(28)23-16-6-2-3-7-16)13-25(14-22)20(27)18-9-10-19(26)24-18/h4-5,8,11,16,18H,2-3,6-7,9-10,12-14H2,1H3,(H,23,28)(H,24,26). The second kappa shape index (κ2) is 8.05. The maximum atomic E-state index is 13.3. The lowest BCUT2D eigenvalue weighted by Gasteiger charge is -2.50. The van der Waals surface area contributed by atoms with Crippen molar-refractivity contribution in [3.05, 3.63) is 29.8 Å². The Bertz CT molecular complexity index is 797. The normalized spacial score (nSPS) is 23.4. The Hall–Kier alpha value is -2.57. The summed E-state index contributed by atoms with van der Waals surface area (Å²) in [5, 5.41) is 5.96. The van der Waals surface area contributed by atoms with Crippen molar-refractivity contribution in [1.82, 2.24) is 15.5 Å². The van der Waals surface area contributed by atoms with Crippen LogP contribution < -0.4 is 15.4 Å². The zero-order valence-electron chi connectivity index (χ0n) is 16.9. The summed E-state index contributed by atoms with van der Waals surface area (Å²) in [7, 11) is 1.63. The van der Waals surface area contributed by atoms with Gasteiger partial charge in [0.2, 0.25) is 17.7 Å². The van der Waals surface area contributed by atoms with Crippen LogP contribution >= 0.6 is 0 Å². The molecule has 7 nitrogen and oxygen atoms in total. The highest BCUT2D eigenvalue weighted by molar-refractivity contribution is 5.93. The second-order valence-electron chi connectivity index (χ2n) is 8.62. The molecule has 0 radical (unpaired) electrons. The largest absolute Gasteiger partial charge is 0.497 e. The zero-order chi connectivity index (χ0) is 20.4. The van der Waals surface area contributed by atoms with Crippen LogP contribution in [-0.2, 0) is 20.8 Å². The third-order valence-electron chi connectivity index (χ3n) is 6.44. The average molecular weight is 399 g/mol. The molecule has 1 aliphatic carbocycles. The predicted molar refractivity (Wildman–Crippen MR) is 107 cm³/mol. The van der Waals surface area contributed by atoms with E-state index in [0.29, 0.717) is 32.4 Å². The Morgan fingerprint density at radius 3 is 2.66 bits per heavy atom. The minimum Gasteiger partial charge on any atom is -0.497 e. The highest BCUT2D eigenvalue weighted by Crippen LogP contribution is 2.37. The van der Waals surface area contributed by atoms with Gasteiger partial charge in [-0.3, -0.25) is 14.4 Å². The van der Waals surface area contributed by atoms with E-state index in [9.17, 15) is 14.4 Å². The summed E-state index contributed by atoms with van der Waals surface area (Å²) in [6, 6.07) is 7.54. The summed E-state index contributed by atoms with van der Waals surface area (Å²) in [6.07, 6.45) is 5.84. The van der Waals surface area contributed by atoms with Crippen molar-refractivity contribution in [2.45, 2.75) is 57.0 Å². The van der Waals surface area contributed by atoms with Crippen LogP contribution in [0.2, 0.25) is 0 Å². The van der Waals surface area contributed by atoms with Gasteiger partial charge in [-0.05, 0) is 43.4 Å². The van der Waals surface area contributed by atoms with Gasteiger partial charge in [-0.15, -0.1) is 0 Å². The molecule has 1 saturated carbocycles. The van der Waals surface area contributed by atoms with Gasteiger partial charge in [0.15, 0.2) is 0 Å². The molecule has 1 aromatic carbocycles. The number of nitrogens with one attached hydrogen (secondary N) is 2. The molecule has 2 aliphatic heterocycles. The van der Waals surface area contributed by atoms with Crippen LogP contribution in [0, 0.1) is 5.41 Å². The number of nitrogens with zero attached hydrogens (tertiary/aromatic N) is 1. The van der Waals surface area contributed by atoms with Crippen molar-refractivity contribution >= 4 is 17.7 Å². The Balaban J connectivity index is 1.48. The van der Waals surface area contributed by atoms with Gasteiger partial charge in [-0.2, -0.15) is 0 Å². The van der Waals surface area contributed by atoms with Crippen LogP contribution in [0.15, 0.2) is 24.3 Å². The van der Waals surface area contributed by atoms with Crippen LogP contribution in [0.5, 0.6) is 5.75 Å². The Morgan fingerprint density at radius 1 is 1.24 bits per heavy atom. The Labute approximate surface area is 171 Å². The monoisotopic (exact) mass is 399 g/mol. The third kappa shape index (κ3) is 4.09. The molecule has 4 rings (SSSR count). The number of likely N-dealkylation sites (tertiary alicyclic amines) is 1.